The monoisotopic (exact) mass is 227 g/mol. The number of hydrogen-bond donors (Lipinski definition) is 1. The summed E-state index contributed by atoms with van der Waals surface area (Å²) in [5, 5.41) is 7.94. The summed E-state index contributed by atoms with van der Waals surface area (Å²) in [7, 11) is 1.42. The third-order valence-corrected chi connectivity index (χ3v) is 3.07. The minimum absolute atomic E-state index is 0.0312. The fourth-order valence-corrected chi connectivity index (χ4v) is 1.87. The Morgan fingerprint density at radius 3 is 3.00 bits per heavy atom. The van der Waals surface area contributed by atoms with Crippen molar-refractivity contribution in [1.29, 1.82) is 0 Å². The molecule has 0 saturated heterocycles. The van der Waals surface area contributed by atoms with Crippen LogP contribution in [0.4, 0.5) is 0 Å². The fourth-order valence-electron chi connectivity index (χ4n) is 1.73. The minimum Gasteiger partial charge on any atom is -0.469 e. The van der Waals surface area contributed by atoms with Crippen LogP contribution in [0.1, 0.15) is 24.6 Å². The van der Waals surface area contributed by atoms with Gasteiger partial charge in [0.05, 0.1) is 24.8 Å². The third kappa shape index (κ3) is 1.99. The molecule has 15 heavy (non-hydrogen) atoms. The van der Waals surface area contributed by atoms with Crippen LogP contribution in [-0.4, -0.2) is 28.1 Å². The van der Waals surface area contributed by atoms with Crippen LogP contribution in [0.2, 0.25) is 0 Å². The van der Waals surface area contributed by atoms with Crippen molar-refractivity contribution in [2.75, 3.05) is 7.11 Å². The van der Waals surface area contributed by atoms with Gasteiger partial charge in [-0.25, -0.2) is 4.68 Å². The van der Waals surface area contributed by atoms with Gasteiger partial charge in [0.1, 0.15) is 0 Å². The smallest absolute Gasteiger partial charge is 0.308 e. The van der Waals surface area contributed by atoms with Crippen LogP contribution in [0, 0.1) is 5.92 Å². The molecule has 1 fully saturated rings. The van der Waals surface area contributed by atoms with Gasteiger partial charge in [-0.2, -0.15) is 12.6 Å². The van der Waals surface area contributed by atoms with Crippen molar-refractivity contribution in [3.05, 3.63) is 11.9 Å². The number of aromatic nitrogens is 3. The molecule has 0 aromatic carbocycles. The minimum atomic E-state index is -0.124. The van der Waals surface area contributed by atoms with Gasteiger partial charge in [-0.1, -0.05) is 5.21 Å². The SMILES string of the molecule is COC(=O)C1CC(n2cc(CS)nn2)C1. The molecule has 6 heteroatoms. The number of ether oxygens (including phenoxy) is 1. The van der Waals surface area contributed by atoms with Crippen molar-refractivity contribution in [1.82, 2.24) is 15.0 Å². The molecule has 0 amide bonds. The summed E-state index contributed by atoms with van der Waals surface area (Å²) in [4.78, 5) is 11.2. The van der Waals surface area contributed by atoms with Gasteiger partial charge in [0.25, 0.3) is 0 Å². The van der Waals surface area contributed by atoms with Crippen molar-refractivity contribution in [2.24, 2.45) is 5.92 Å². The van der Waals surface area contributed by atoms with Crippen LogP contribution < -0.4 is 0 Å². The van der Waals surface area contributed by atoms with E-state index in [1.165, 1.54) is 7.11 Å². The van der Waals surface area contributed by atoms with Crippen molar-refractivity contribution >= 4 is 18.6 Å². The average molecular weight is 227 g/mol. The first kappa shape index (κ1) is 10.5. The normalized spacial score (nSPS) is 24.7. The van der Waals surface area contributed by atoms with Gasteiger partial charge in [0.2, 0.25) is 0 Å². The first-order valence-corrected chi connectivity index (χ1v) is 5.47. The Bertz CT molecular complexity index is 360. The molecular formula is C9H13N3O2S. The lowest BCUT2D eigenvalue weighted by Crippen LogP contribution is -2.33. The highest BCUT2D eigenvalue weighted by molar-refractivity contribution is 7.79. The molecule has 0 atom stereocenters. The molecule has 1 heterocycles. The Kier molecular flexibility index (Phi) is 2.95. The Labute approximate surface area is 93.2 Å². The summed E-state index contributed by atoms with van der Waals surface area (Å²) in [6, 6.07) is 0.287. The number of carbonyl (C=O) groups is 1. The highest BCUT2D eigenvalue weighted by Crippen LogP contribution is 2.37. The van der Waals surface area contributed by atoms with Crippen LogP contribution in [0.15, 0.2) is 6.20 Å². The van der Waals surface area contributed by atoms with Crippen LogP contribution in [0.25, 0.3) is 0 Å². The van der Waals surface area contributed by atoms with Crippen molar-refractivity contribution in [3.63, 3.8) is 0 Å². The van der Waals surface area contributed by atoms with Crippen LogP contribution in [0.3, 0.4) is 0 Å². The summed E-state index contributed by atoms with van der Waals surface area (Å²) in [5.41, 5.74) is 0.861. The van der Waals surface area contributed by atoms with Crippen molar-refractivity contribution in [3.8, 4) is 0 Å². The molecule has 0 aliphatic heterocycles. The first-order chi connectivity index (χ1) is 7.24. The Morgan fingerprint density at radius 2 is 2.47 bits per heavy atom. The fraction of sp³-hybridized carbons (Fsp3) is 0.667. The van der Waals surface area contributed by atoms with E-state index >= 15 is 0 Å². The summed E-state index contributed by atoms with van der Waals surface area (Å²) < 4.78 is 6.48. The third-order valence-electron chi connectivity index (χ3n) is 2.74. The zero-order chi connectivity index (χ0) is 10.8. The van der Waals surface area contributed by atoms with Gasteiger partial charge in [-0.3, -0.25) is 4.79 Å². The molecule has 82 valence electrons. The van der Waals surface area contributed by atoms with E-state index in [-0.39, 0.29) is 17.9 Å². The summed E-state index contributed by atoms with van der Waals surface area (Å²) >= 11 is 4.11. The standard InChI is InChI=1S/C9H13N3O2S/c1-14-9(13)6-2-8(3-6)12-4-7(5-15)10-11-12/h4,6,8,15H,2-3,5H2,1H3. The van der Waals surface area contributed by atoms with Crippen molar-refractivity contribution < 1.29 is 9.53 Å². The predicted molar refractivity (Wildman–Crippen MR) is 56.5 cm³/mol. The van der Waals surface area contributed by atoms with Gasteiger partial charge in [0.15, 0.2) is 0 Å². The second kappa shape index (κ2) is 4.22. The summed E-state index contributed by atoms with van der Waals surface area (Å²) in [6.45, 7) is 0. The molecule has 5 nitrogen and oxygen atoms in total. The van der Waals surface area contributed by atoms with Crippen LogP contribution >= 0.6 is 12.6 Å². The molecule has 0 unspecified atom stereocenters. The Morgan fingerprint density at radius 1 is 1.73 bits per heavy atom. The van der Waals surface area contributed by atoms with Crippen LogP contribution in [-0.2, 0) is 15.3 Å². The number of rotatable bonds is 3. The predicted octanol–water partition coefficient (Wildman–Crippen LogP) is 0.832. The number of methoxy groups -OCH3 is 1. The van der Waals surface area contributed by atoms with Gasteiger partial charge in [-0.15, -0.1) is 5.10 Å². The Hall–Kier alpha value is -1.04. The maximum atomic E-state index is 11.2. The molecule has 0 spiro atoms. The second-order valence-corrected chi connectivity index (χ2v) is 4.01. The van der Waals surface area contributed by atoms with Gasteiger partial charge in [-0.05, 0) is 12.8 Å². The number of carbonyl (C=O) groups excluding carboxylic acids is 1. The number of esters is 1. The average Bonchev–Trinajstić information content (AvgIpc) is 2.63. The molecule has 1 aromatic heterocycles. The molecular weight excluding hydrogens is 214 g/mol. The lowest BCUT2D eigenvalue weighted by Gasteiger charge is -2.32. The number of nitrogens with zero attached hydrogens (tertiary/aromatic N) is 3. The lowest BCUT2D eigenvalue weighted by molar-refractivity contribution is -0.149. The molecule has 1 aliphatic carbocycles. The number of hydrogen-bond acceptors (Lipinski definition) is 5. The van der Waals surface area contributed by atoms with E-state index in [9.17, 15) is 4.79 Å². The second-order valence-electron chi connectivity index (χ2n) is 3.69. The van der Waals surface area contributed by atoms with E-state index in [0.29, 0.717) is 5.75 Å². The zero-order valence-electron chi connectivity index (χ0n) is 8.46. The quantitative estimate of drug-likeness (QED) is 0.614. The zero-order valence-corrected chi connectivity index (χ0v) is 9.35. The molecule has 1 saturated carbocycles. The van der Waals surface area contributed by atoms with E-state index in [0.717, 1.165) is 18.5 Å². The number of thiol groups is 1. The largest absolute Gasteiger partial charge is 0.469 e. The van der Waals surface area contributed by atoms with Gasteiger partial charge in [0, 0.05) is 11.9 Å². The van der Waals surface area contributed by atoms with Gasteiger partial charge >= 0.3 is 5.97 Å². The van der Waals surface area contributed by atoms with Crippen molar-refractivity contribution in [2.45, 2.75) is 24.6 Å². The first-order valence-electron chi connectivity index (χ1n) is 4.84. The van der Waals surface area contributed by atoms with E-state index in [1.54, 1.807) is 0 Å². The molecule has 0 radical (unpaired) electrons. The van der Waals surface area contributed by atoms with E-state index in [4.69, 9.17) is 0 Å². The molecule has 0 N–H and O–H groups in total. The molecule has 1 aromatic rings. The molecule has 0 bridgehead atoms. The van der Waals surface area contributed by atoms with Gasteiger partial charge < -0.3 is 4.74 Å². The topological polar surface area (TPSA) is 57.0 Å². The van der Waals surface area contributed by atoms with Crippen LogP contribution in [0.5, 0.6) is 0 Å². The van der Waals surface area contributed by atoms with E-state index in [1.807, 2.05) is 10.9 Å². The highest BCUT2D eigenvalue weighted by atomic mass is 32.1. The lowest BCUT2D eigenvalue weighted by atomic mass is 9.80. The Balaban J connectivity index is 1.91. The van der Waals surface area contributed by atoms with E-state index < -0.39 is 0 Å². The van der Waals surface area contributed by atoms with E-state index in [2.05, 4.69) is 27.7 Å². The summed E-state index contributed by atoms with van der Waals surface area (Å²) in [6.07, 6.45) is 3.47. The maximum Gasteiger partial charge on any atom is 0.308 e. The maximum absolute atomic E-state index is 11.2. The highest BCUT2D eigenvalue weighted by Gasteiger charge is 2.36. The molecule has 2 rings (SSSR count). The summed E-state index contributed by atoms with van der Waals surface area (Å²) in [5.74, 6) is 0.497. The molecule has 1 aliphatic rings.